The maximum absolute atomic E-state index is 12.7. The number of ketones is 1. The summed E-state index contributed by atoms with van der Waals surface area (Å²) in [5.74, 6) is -1.21. The minimum absolute atomic E-state index is 0.0512. The minimum atomic E-state index is -0.885. The molecule has 0 radical (unpaired) electrons. The average molecular weight is 368 g/mol. The lowest BCUT2D eigenvalue weighted by molar-refractivity contribution is -0.384. The summed E-state index contributed by atoms with van der Waals surface area (Å²) in [6.45, 7) is 1.26. The molecule has 8 heteroatoms. The van der Waals surface area contributed by atoms with Gasteiger partial charge in [0.2, 0.25) is 0 Å². The Morgan fingerprint density at radius 3 is 2.22 bits per heavy atom. The number of hydrogen-bond acceptors (Lipinski definition) is 6. The van der Waals surface area contributed by atoms with Gasteiger partial charge in [-0.3, -0.25) is 24.6 Å². The largest absolute Gasteiger partial charge is 0.503 e. The normalized spacial score (nSPS) is 16.6. The molecule has 2 aromatic carbocycles. The number of carbonyl (C=O) groups is 2. The molecule has 0 saturated carbocycles. The molecule has 1 N–H and O–H groups in total. The third-order valence-electron chi connectivity index (χ3n) is 4.36. The first-order valence-corrected chi connectivity index (χ1v) is 8.01. The number of aliphatic hydroxyl groups excluding tert-OH is 1. The number of aliphatic hydroxyl groups is 1. The molecular weight excluding hydrogens is 352 g/mol. The van der Waals surface area contributed by atoms with Crippen molar-refractivity contribution in [2.24, 2.45) is 0 Å². The highest BCUT2D eigenvalue weighted by Crippen LogP contribution is 2.41. The molecule has 0 spiro atoms. The van der Waals surface area contributed by atoms with E-state index in [1.807, 2.05) is 0 Å². The molecule has 1 aliphatic heterocycles. The van der Waals surface area contributed by atoms with Crippen molar-refractivity contribution in [3.63, 3.8) is 0 Å². The quantitative estimate of drug-likeness (QED) is 0.641. The molecule has 1 atom stereocenters. The third-order valence-corrected chi connectivity index (χ3v) is 4.36. The Labute approximate surface area is 154 Å². The Morgan fingerprint density at radius 1 is 1.15 bits per heavy atom. The standard InChI is InChI=1S/C19H16N2O6/c1-11(22)16-17(12-3-5-14(6-4-12)21(25)26)20(19(24)18(16)23)13-7-9-15(27-2)10-8-13/h3-10,17,23H,1-2H3/t17-/m1/s1. The molecule has 0 fully saturated rings. The topological polar surface area (TPSA) is 110 Å². The van der Waals surface area contributed by atoms with E-state index in [-0.39, 0.29) is 11.3 Å². The number of methoxy groups -OCH3 is 1. The molecule has 2 aromatic rings. The van der Waals surface area contributed by atoms with Gasteiger partial charge in [-0.1, -0.05) is 0 Å². The number of hydrogen-bond donors (Lipinski definition) is 1. The number of carbonyl (C=O) groups excluding carboxylic acids is 2. The third kappa shape index (κ3) is 3.12. The van der Waals surface area contributed by atoms with Crippen molar-refractivity contribution in [2.75, 3.05) is 12.0 Å². The minimum Gasteiger partial charge on any atom is -0.503 e. The number of ether oxygens (including phenoxy) is 1. The van der Waals surface area contributed by atoms with Crippen molar-refractivity contribution in [1.82, 2.24) is 0 Å². The zero-order valence-corrected chi connectivity index (χ0v) is 14.6. The number of amides is 1. The van der Waals surface area contributed by atoms with Crippen LogP contribution in [0.25, 0.3) is 0 Å². The Morgan fingerprint density at radius 2 is 1.74 bits per heavy atom. The lowest BCUT2D eigenvalue weighted by Crippen LogP contribution is -2.30. The van der Waals surface area contributed by atoms with Crippen molar-refractivity contribution in [3.05, 3.63) is 75.5 Å². The van der Waals surface area contributed by atoms with Crippen LogP contribution in [0.4, 0.5) is 11.4 Å². The Balaban J connectivity index is 2.11. The van der Waals surface area contributed by atoms with Crippen LogP contribution in [-0.2, 0) is 9.59 Å². The molecule has 1 aliphatic rings. The molecule has 0 aliphatic carbocycles. The number of non-ortho nitro benzene ring substituents is 1. The number of benzene rings is 2. The first-order chi connectivity index (χ1) is 12.8. The zero-order chi connectivity index (χ0) is 19.7. The molecule has 138 valence electrons. The maximum atomic E-state index is 12.7. The number of nitro benzene ring substituents is 1. The van der Waals surface area contributed by atoms with Gasteiger partial charge in [0.1, 0.15) is 5.75 Å². The second kappa shape index (κ2) is 6.91. The molecule has 0 bridgehead atoms. The van der Waals surface area contributed by atoms with Crippen LogP contribution in [0.15, 0.2) is 59.9 Å². The highest BCUT2D eigenvalue weighted by Gasteiger charge is 2.43. The fourth-order valence-corrected chi connectivity index (χ4v) is 3.07. The summed E-state index contributed by atoms with van der Waals surface area (Å²) in [6.07, 6.45) is 0. The predicted octanol–water partition coefficient (Wildman–Crippen LogP) is 3.09. The smallest absolute Gasteiger partial charge is 0.294 e. The van der Waals surface area contributed by atoms with Crippen molar-refractivity contribution < 1.29 is 24.4 Å². The van der Waals surface area contributed by atoms with Gasteiger partial charge >= 0.3 is 0 Å². The van der Waals surface area contributed by atoms with E-state index in [0.29, 0.717) is 17.0 Å². The number of rotatable bonds is 5. The number of anilines is 1. The summed E-state index contributed by atoms with van der Waals surface area (Å²) >= 11 is 0. The van der Waals surface area contributed by atoms with Crippen molar-refractivity contribution in [1.29, 1.82) is 0 Å². The van der Waals surface area contributed by atoms with E-state index in [1.165, 1.54) is 43.2 Å². The first-order valence-electron chi connectivity index (χ1n) is 8.01. The van der Waals surface area contributed by atoms with Crippen LogP contribution in [-0.4, -0.2) is 28.8 Å². The molecule has 0 unspecified atom stereocenters. The van der Waals surface area contributed by atoms with Gasteiger partial charge in [-0.2, -0.15) is 0 Å². The SMILES string of the molecule is COc1ccc(N2C(=O)C(O)=C(C(C)=O)[C@H]2c2ccc([N+](=O)[O-])cc2)cc1. The summed E-state index contributed by atoms with van der Waals surface area (Å²) in [6, 6.07) is 11.2. The summed E-state index contributed by atoms with van der Waals surface area (Å²) in [7, 11) is 1.51. The number of Topliss-reactive ketones (excluding diaryl/α,β-unsaturated/α-hetero) is 1. The highest BCUT2D eigenvalue weighted by atomic mass is 16.6. The van der Waals surface area contributed by atoms with Gasteiger partial charge in [0.25, 0.3) is 11.6 Å². The maximum Gasteiger partial charge on any atom is 0.294 e. The number of nitrogens with zero attached hydrogens (tertiary/aromatic N) is 2. The van der Waals surface area contributed by atoms with E-state index in [0.717, 1.165) is 0 Å². The van der Waals surface area contributed by atoms with E-state index in [1.54, 1.807) is 24.3 Å². The second-order valence-electron chi connectivity index (χ2n) is 5.94. The molecule has 27 heavy (non-hydrogen) atoms. The van der Waals surface area contributed by atoms with Crippen LogP contribution < -0.4 is 9.64 Å². The Bertz CT molecular complexity index is 947. The van der Waals surface area contributed by atoms with Gasteiger partial charge in [-0.05, 0) is 48.9 Å². The molecular formula is C19H16N2O6. The summed E-state index contributed by atoms with van der Waals surface area (Å²) in [4.78, 5) is 36.4. The van der Waals surface area contributed by atoms with Crippen LogP contribution in [0.5, 0.6) is 5.75 Å². The summed E-state index contributed by atoms with van der Waals surface area (Å²) in [5, 5.41) is 21.2. The lowest BCUT2D eigenvalue weighted by Gasteiger charge is -2.26. The molecule has 0 saturated heterocycles. The van der Waals surface area contributed by atoms with Gasteiger partial charge in [0.15, 0.2) is 11.5 Å². The fraction of sp³-hybridized carbons (Fsp3) is 0.158. The monoisotopic (exact) mass is 368 g/mol. The Hall–Kier alpha value is -3.68. The van der Waals surface area contributed by atoms with E-state index in [2.05, 4.69) is 0 Å². The fourth-order valence-electron chi connectivity index (χ4n) is 3.07. The van der Waals surface area contributed by atoms with Crippen LogP contribution in [0.2, 0.25) is 0 Å². The summed E-state index contributed by atoms with van der Waals surface area (Å²) < 4.78 is 5.11. The van der Waals surface area contributed by atoms with Crippen LogP contribution in [0.1, 0.15) is 18.5 Å². The zero-order valence-electron chi connectivity index (χ0n) is 14.6. The molecule has 0 aromatic heterocycles. The first kappa shape index (κ1) is 18.1. The Kier molecular flexibility index (Phi) is 4.64. The van der Waals surface area contributed by atoms with Gasteiger partial charge in [0, 0.05) is 17.8 Å². The highest BCUT2D eigenvalue weighted by molar-refractivity contribution is 6.16. The summed E-state index contributed by atoms with van der Waals surface area (Å²) in [5.41, 5.74) is 0.757. The van der Waals surface area contributed by atoms with Crippen molar-refractivity contribution in [2.45, 2.75) is 13.0 Å². The molecule has 8 nitrogen and oxygen atoms in total. The van der Waals surface area contributed by atoms with E-state index >= 15 is 0 Å². The van der Waals surface area contributed by atoms with Gasteiger partial charge in [0.05, 0.1) is 23.6 Å². The molecule has 1 amide bonds. The molecule has 3 rings (SSSR count). The van der Waals surface area contributed by atoms with Crippen molar-refractivity contribution in [3.8, 4) is 5.75 Å². The second-order valence-corrected chi connectivity index (χ2v) is 5.94. The van der Waals surface area contributed by atoms with Gasteiger partial charge in [-0.25, -0.2) is 0 Å². The van der Waals surface area contributed by atoms with Gasteiger partial charge < -0.3 is 9.84 Å². The van der Waals surface area contributed by atoms with E-state index in [4.69, 9.17) is 4.74 Å². The van der Waals surface area contributed by atoms with Crippen LogP contribution >= 0.6 is 0 Å². The van der Waals surface area contributed by atoms with Gasteiger partial charge in [-0.15, -0.1) is 0 Å². The lowest BCUT2D eigenvalue weighted by atomic mass is 9.96. The van der Waals surface area contributed by atoms with Crippen molar-refractivity contribution >= 4 is 23.1 Å². The van der Waals surface area contributed by atoms with E-state index < -0.39 is 28.4 Å². The predicted molar refractivity (Wildman–Crippen MR) is 96.7 cm³/mol. The average Bonchev–Trinajstić information content (AvgIpc) is 2.93. The molecule has 1 heterocycles. The van der Waals surface area contributed by atoms with E-state index in [9.17, 15) is 24.8 Å². The number of nitro groups is 1. The van der Waals surface area contributed by atoms with Crippen LogP contribution in [0, 0.1) is 10.1 Å². The van der Waals surface area contributed by atoms with Crippen LogP contribution in [0.3, 0.4) is 0 Å².